The number of fused-ring (bicyclic) bond motifs is 1. The largest absolute Gasteiger partial charge is 0.322 e. The SMILES string of the molecule is O=C(Nc1ccc(S(=O)(=O)Nc2cnc3ccccc3n2)cc1)c1cc(Cl)ccc1[N+](=O)[O-]. The number of amides is 1. The normalized spacial score (nSPS) is 11.2. The fourth-order valence-corrected chi connectivity index (χ4v) is 4.13. The van der Waals surface area contributed by atoms with Gasteiger partial charge in [0.05, 0.1) is 27.0 Å². The highest BCUT2D eigenvalue weighted by atomic mass is 35.5. The molecule has 0 saturated heterocycles. The Morgan fingerprint density at radius 1 is 1.00 bits per heavy atom. The van der Waals surface area contributed by atoms with Gasteiger partial charge >= 0.3 is 0 Å². The number of hydrogen-bond acceptors (Lipinski definition) is 7. The maximum atomic E-state index is 12.7. The van der Waals surface area contributed by atoms with Gasteiger partial charge in [0.15, 0.2) is 5.82 Å². The second-order valence-corrected chi connectivity index (χ2v) is 8.87. The summed E-state index contributed by atoms with van der Waals surface area (Å²) in [4.78, 5) is 31.3. The van der Waals surface area contributed by atoms with Gasteiger partial charge in [0.25, 0.3) is 21.6 Å². The number of para-hydroxylation sites is 2. The molecule has 0 fully saturated rings. The summed E-state index contributed by atoms with van der Waals surface area (Å²) in [7, 11) is -3.97. The van der Waals surface area contributed by atoms with Gasteiger partial charge in [0, 0.05) is 16.8 Å². The van der Waals surface area contributed by atoms with Crippen molar-refractivity contribution in [2.45, 2.75) is 4.90 Å². The highest BCUT2D eigenvalue weighted by molar-refractivity contribution is 7.92. The van der Waals surface area contributed by atoms with Crippen LogP contribution in [-0.2, 0) is 10.0 Å². The lowest BCUT2D eigenvalue weighted by molar-refractivity contribution is -0.385. The Kier molecular flexibility index (Phi) is 5.90. The van der Waals surface area contributed by atoms with Crippen molar-refractivity contribution in [3.05, 3.63) is 93.6 Å². The molecule has 3 aromatic carbocycles. The molecule has 4 rings (SSSR count). The van der Waals surface area contributed by atoms with E-state index in [2.05, 4.69) is 20.0 Å². The molecule has 0 aliphatic rings. The molecule has 12 heteroatoms. The Morgan fingerprint density at radius 3 is 2.39 bits per heavy atom. The van der Waals surface area contributed by atoms with E-state index < -0.39 is 26.5 Å². The fraction of sp³-hybridized carbons (Fsp3) is 0. The molecule has 0 unspecified atom stereocenters. The lowest BCUT2D eigenvalue weighted by Gasteiger charge is -2.10. The van der Waals surface area contributed by atoms with E-state index in [1.54, 1.807) is 24.3 Å². The molecule has 1 aromatic heterocycles. The van der Waals surface area contributed by atoms with Crippen molar-refractivity contribution < 1.29 is 18.1 Å². The molecule has 0 aliphatic carbocycles. The van der Waals surface area contributed by atoms with Crippen LogP contribution in [0.5, 0.6) is 0 Å². The Bertz CT molecular complexity index is 1490. The Hall–Kier alpha value is -4.09. The van der Waals surface area contributed by atoms with Gasteiger partial charge in [0.2, 0.25) is 0 Å². The molecule has 1 heterocycles. The van der Waals surface area contributed by atoms with Crippen molar-refractivity contribution in [2.75, 3.05) is 10.0 Å². The van der Waals surface area contributed by atoms with Crippen molar-refractivity contribution in [2.24, 2.45) is 0 Å². The van der Waals surface area contributed by atoms with Crippen LogP contribution in [0.2, 0.25) is 5.02 Å². The van der Waals surface area contributed by atoms with Crippen molar-refractivity contribution in [1.82, 2.24) is 9.97 Å². The molecule has 33 heavy (non-hydrogen) atoms. The molecule has 0 spiro atoms. The number of nitrogens with zero attached hydrogens (tertiary/aromatic N) is 3. The first-order valence-electron chi connectivity index (χ1n) is 9.33. The van der Waals surface area contributed by atoms with Gasteiger partial charge in [-0.3, -0.25) is 24.6 Å². The number of sulfonamides is 1. The van der Waals surface area contributed by atoms with Crippen LogP contribution >= 0.6 is 11.6 Å². The number of benzene rings is 3. The third kappa shape index (κ3) is 4.89. The van der Waals surface area contributed by atoms with Crippen molar-refractivity contribution >= 4 is 55.8 Å². The summed E-state index contributed by atoms with van der Waals surface area (Å²) < 4.78 is 27.7. The zero-order valence-electron chi connectivity index (χ0n) is 16.6. The second kappa shape index (κ2) is 8.81. The number of halogens is 1. The average molecular weight is 484 g/mol. The summed E-state index contributed by atoms with van der Waals surface area (Å²) in [6.45, 7) is 0. The van der Waals surface area contributed by atoms with E-state index in [-0.39, 0.29) is 27.0 Å². The molecule has 0 radical (unpaired) electrons. The molecule has 0 bridgehead atoms. The van der Waals surface area contributed by atoms with E-state index in [9.17, 15) is 23.3 Å². The van der Waals surface area contributed by atoms with Crippen LogP contribution in [0, 0.1) is 10.1 Å². The van der Waals surface area contributed by atoms with Crippen LogP contribution in [0.1, 0.15) is 10.4 Å². The van der Waals surface area contributed by atoms with E-state index in [0.29, 0.717) is 11.0 Å². The van der Waals surface area contributed by atoms with Gasteiger partial charge in [-0.15, -0.1) is 0 Å². The summed E-state index contributed by atoms with van der Waals surface area (Å²) in [6.07, 6.45) is 1.31. The van der Waals surface area contributed by atoms with Gasteiger partial charge in [-0.1, -0.05) is 23.7 Å². The number of carbonyl (C=O) groups is 1. The fourth-order valence-electron chi connectivity index (χ4n) is 2.97. The van der Waals surface area contributed by atoms with Crippen molar-refractivity contribution in [3.63, 3.8) is 0 Å². The molecule has 4 aromatic rings. The molecule has 1 amide bonds. The molecule has 10 nitrogen and oxygen atoms in total. The number of nitro groups is 1. The van der Waals surface area contributed by atoms with Gasteiger partial charge in [0.1, 0.15) is 5.56 Å². The van der Waals surface area contributed by atoms with Crippen LogP contribution in [0.4, 0.5) is 17.2 Å². The number of hydrogen-bond donors (Lipinski definition) is 2. The molecule has 166 valence electrons. The molecular formula is C21H14ClN5O5S. The zero-order chi connectivity index (χ0) is 23.6. The minimum absolute atomic E-state index is 0.0549. The molecule has 0 atom stereocenters. The van der Waals surface area contributed by atoms with Crippen molar-refractivity contribution in [1.29, 1.82) is 0 Å². The Balaban J connectivity index is 1.52. The lowest BCUT2D eigenvalue weighted by atomic mass is 10.1. The van der Waals surface area contributed by atoms with Crippen LogP contribution in [-0.4, -0.2) is 29.2 Å². The van der Waals surface area contributed by atoms with Crippen LogP contribution in [0.3, 0.4) is 0 Å². The van der Waals surface area contributed by atoms with Gasteiger partial charge in [-0.25, -0.2) is 13.4 Å². The Morgan fingerprint density at radius 2 is 1.70 bits per heavy atom. The molecular weight excluding hydrogens is 470 g/mol. The van der Waals surface area contributed by atoms with E-state index in [1.165, 1.54) is 42.6 Å². The standard InChI is InChI=1S/C21H14ClN5O5S/c22-13-5-10-19(27(29)30)16(11-13)21(28)24-14-6-8-15(9-7-14)33(31,32)26-20-12-23-17-3-1-2-4-18(17)25-20/h1-12H,(H,24,28)(H,25,26). The smallest absolute Gasteiger partial charge is 0.282 e. The quantitative estimate of drug-likeness (QED) is 0.308. The topological polar surface area (TPSA) is 144 Å². The summed E-state index contributed by atoms with van der Waals surface area (Å²) >= 11 is 5.85. The highest BCUT2D eigenvalue weighted by Crippen LogP contribution is 2.24. The number of nitro benzene ring substituents is 1. The maximum absolute atomic E-state index is 12.7. The Labute approximate surface area is 192 Å². The minimum Gasteiger partial charge on any atom is -0.322 e. The van der Waals surface area contributed by atoms with Crippen LogP contribution < -0.4 is 10.0 Å². The summed E-state index contributed by atoms with van der Waals surface area (Å²) in [5.41, 5.74) is 0.766. The average Bonchev–Trinajstić information content (AvgIpc) is 2.79. The number of aromatic nitrogens is 2. The zero-order valence-corrected chi connectivity index (χ0v) is 18.2. The predicted octanol–water partition coefficient (Wildman–Crippen LogP) is 4.24. The van der Waals surface area contributed by atoms with Crippen LogP contribution in [0.25, 0.3) is 11.0 Å². The molecule has 0 saturated carbocycles. The van der Waals surface area contributed by atoms with Gasteiger partial charge < -0.3 is 5.32 Å². The number of rotatable bonds is 6. The van der Waals surface area contributed by atoms with E-state index in [1.807, 2.05) is 0 Å². The number of anilines is 2. The van der Waals surface area contributed by atoms with E-state index in [4.69, 9.17) is 11.6 Å². The second-order valence-electron chi connectivity index (χ2n) is 6.75. The maximum Gasteiger partial charge on any atom is 0.282 e. The number of carbonyl (C=O) groups excluding carboxylic acids is 1. The first-order chi connectivity index (χ1) is 15.7. The van der Waals surface area contributed by atoms with Gasteiger partial charge in [-0.05, 0) is 48.5 Å². The molecule has 2 N–H and O–H groups in total. The number of nitrogens with one attached hydrogen (secondary N) is 2. The first kappa shape index (κ1) is 22.1. The monoisotopic (exact) mass is 483 g/mol. The third-order valence-corrected chi connectivity index (χ3v) is 6.12. The lowest BCUT2D eigenvalue weighted by Crippen LogP contribution is -2.15. The van der Waals surface area contributed by atoms with Crippen LogP contribution in [0.15, 0.2) is 77.8 Å². The first-order valence-corrected chi connectivity index (χ1v) is 11.2. The van der Waals surface area contributed by atoms with E-state index >= 15 is 0 Å². The summed E-state index contributed by atoms with van der Waals surface area (Å²) in [6, 6.07) is 15.9. The predicted molar refractivity (Wildman–Crippen MR) is 123 cm³/mol. The van der Waals surface area contributed by atoms with Gasteiger partial charge in [-0.2, -0.15) is 0 Å². The third-order valence-electron chi connectivity index (χ3n) is 4.51. The minimum atomic E-state index is -3.97. The summed E-state index contributed by atoms with van der Waals surface area (Å²) in [5.74, 6) is -0.705. The van der Waals surface area contributed by atoms with Crippen molar-refractivity contribution in [3.8, 4) is 0 Å². The summed E-state index contributed by atoms with van der Waals surface area (Å²) in [5, 5.41) is 13.8. The van der Waals surface area contributed by atoms with E-state index in [0.717, 1.165) is 6.07 Å². The molecule has 0 aliphatic heterocycles. The highest BCUT2D eigenvalue weighted by Gasteiger charge is 2.21.